The lowest BCUT2D eigenvalue weighted by Gasteiger charge is -2.48. The first-order chi connectivity index (χ1) is 21.4. The van der Waals surface area contributed by atoms with Crippen molar-refractivity contribution in [1.82, 2.24) is 25.2 Å². The molecule has 1 amide bonds. The lowest BCUT2D eigenvalue weighted by Crippen LogP contribution is -2.43. The van der Waals surface area contributed by atoms with E-state index in [1.807, 2.05) is 10.7 Å². The number of aromatic hydroxyl groups is 1. The standard InChI is InChI=1S/C34H50N6O4Si/c1-33(2,3)45(4,5)44-29(25-9-11-28(41)31-32(25)43-23-30(42)36-31)22-35-21-24-8-10-27-26(20-24)37-38-40(27)17-7-16-39-18-14-34(15-19-39)12-6-13-34/h8-11,20,29,35,41H,6-7,12-19,21-23H2,1-5H3,(H,36,42)/t29-/m0/s1. The number of carbonyl (C=O) groups excluding carboxylic acids is 1. The number of aryl methyl sites for hydroxylation is 1. The normalized spacial score (nSPS) is 19.2. The van der Waals surface area contributed by atoms with Crippen molar-refractivity contribution in [2.24, 2.45) is 5.41 Å². The van der Waals surface area contributed by atoms with E-state index >= 15 is 0 Å². The summed E-state index contributed by atoms with van der Waals surface area (Å²) in [5.74, 6) is 0.169. The molecule has 0 bridgehead atoms. The number of piperidine rings is 1. The van der Waals surface area contributed by atoms with Crippen molar-refractivity contribution in [2.75, 3.05) is 38.1 Å². The molecular weight excluding hydrogens is 584 g/mol. The van der Waals surface area contributed by atoms with Crippen LogP contribution in [-0.4, -0.2) is 72.0 Å². The van der Waals surface area contributed by atoms with Gasteiger partial charge in [-0.15, -0.1) is 5.10 Å². The Bertz CT molecular complexity index is 1520. The molecule has 3 aliphatic rings. The van der Waals surface area contributed by atoms with Crippen LogP contribution in [0.3, 0.4) is 0 Å². The summed E-state index contributed by atoms with van der Waals surface area (Å²) in [6.07, 6.45) is 7.83. The lowest BCUT2D eigenvalue weighted by atomic mass is 9.63. The number of phenols is 1. The van der Waals surface area contributed by atoms with E-state index in [0.717, 1.165) is 41.7 Å². The van der Waals surface area contributed by atoms with Crippen molar-refractivity contribution < 1.29 is 19.1 Å². The minimum absolute atomic E-state index is 0.000805. The molecule has 1 atom stereocenters. The minimum Gasteiger partial charge on any atom is -0.506 e. The van der Waals surface area contributed by atoms with Crippen molar-refractivity contribution in [1.29, 1.82) is 0 Å². The molecule has 244 valence electrons. The molecule has 1 saturated carbocycles. The van der Waals surface area contributed by atoms with Crippen LogP contribution < -0.4 is 15.4 Å². The van der Waals surface area contributed by atoms with E-state index in [9.17, 15) is 9.90 Å². The molecule has 1 spiro atoms. The van der Waals surface area contributed by atoms with Crippen molar-refractivity contribution in [2.45, 2.75) is 96.6 Å². The molecule has 3 aromatic rings. The number of hydrogen-bond acceptors (Lipinski definition) is 8. The van der Waals surface area contributed by atoms with E-state index in [1.54, 1.807) is 6.07 Å². The second-order valence-electron chi connectivity index (χ2n) is 14.9. The molecule has 1 saturated heterocycles. The van der Waals surface area contributed by atoms with Gasteiger partial charge in [0.15, 0.2) is 20.7 Å². The molecule has 2 aliphatic heterocycles. The molecule has 1 aromatic heterocycles. The van der Waals surface area contributed by atoms with Crippen molar-refractivity contribution in [3.8, 4) is 11.5 Å². The molecule has 6 rings (SSSR count). The molecule has 1 aliphatic carbocycles. The Balaban J connectivity index is 1.09. The second-order valence-corrected chi connectivity index (χ2v) is 19.7. The Labute approximate surface area is 268 Å². The van der Waals surface area contributed by atoms with Gasteiger partial charge >= 0.3 is 0 Å². The summed E-state index contributed by atoms with van der Waals surface area (Å²) in [7, 11) is -2.18. The molecule has 45 heavy (non-hydrogen) atoms. The van der Waals surface area contributed by atoms with Gasteiger partial charge in [0.05, 0.1) is 11.6 Å². The molecule has 3 N–H and O–H groups in total. The number of rotatable bonds is 11. The predicted octanol–water partition coefficient (Wildman–Crippen LogP) is 5.98. The van der Waals surface area contributed by atoms with Crippen LogP contribution in [0, 0.1) is 5.41 Å². The molecule has 11 heteroatoms. The van der Waals surface area contributed by atoms with E-state index in [1.165, 1.54) is 45.2 Å². The third-order valence-corrected chi connectivity index (χ3v) is 15.3. The average molecular weight is 635 g/mol. The third-order valence-electron chi connectivity index (χ3n) is 10.8. The van der Waals surface area contributed by atoms with Gasteiger partial charge in [0.25, 0.3) is 5.91 Å². The fraction of sp³-hybridized carbons (Fsp3) is 0.618. The van der Waals surface area contributed by atoms with E-state index in [4.69, 9.17) is 9.16 Å². The zero-order chi connectivity index (χ0) is 31.8. The first-order valence-corrected chi connectivity index (χ1v) is 19.6. The number of nitrogens with zero attached hydrogens (tertiary/aromatic N) is 4. The number of ether oxygens (including phenoxy) is 1. The van der Waals surface area contributed by atoms with E-state index in [0.29, 0.717) is 29.9 Å². The molecule has 2 aromatic carbocycles. The number of anilines is 1. The van der Waals surface area contributed by atoms with Crippen LogP contribution >= 0.6 is 0 Å². The van der Waals surface area contributed by atoms with Gasteiger partial charge in [-0.3, -0.25) is 4.79 Å². The number of carbonyl (C=O) groups is 1. The van der Waals surface area contributed by atoms with Crippen LogP contribution in [0.15, 0.2) is 30.3 Å². The quantitative estimate of drug-likeness (QED) is 0.175. The summed E-state index contributed by atoms with van der Waals surface area (Å²) >= 11 is 0. The maximum Gasteiger partial charge on any atom is 0.262 e. The number of nitrogens with one attached hydrogen (secondary N) is 2. The van der Waals surface area contributed by atoms with Crippen molar-refractivity contribution in [3.63, 3.8) is 0 Å². The van der Waals surface area contributed by atoms with E-state index < -0.39 is 8.32 Å². The van der Waals surface area contributed by atoms with Crippen LogP contribution in [0.25, 0.3) is 11.0 Å². The van der Waals surface area contributed by atoms with Crippen LogP contribution in [0.1, 0.15) is 76.5 Å². The van der Waals surface area contributed by atoms with Gasteiger partial charge in [0.1, 0.15) is 17.0 Å². The lowest BCUT2D eigenvalue weighted by molar-refractivity contribution is -0.118. The summed E-state index contributed by atoms with van der Waals surface area (Å²) < 4.78 is 14.8. The second kappa shape index (κ2) is 12.7. The smallest absolute Gasteiger partial charge is 0.262 e. The van der Waals surface area contributed by atoms with Crippen LogP contribution in [0.2, 0.25) is 18.1 Å². The van der Waals surface area contributed by atoms with Gasteiger partial charge in [0.2, 0.25) is 0 Å². The topological polar surface area (TPSA) is 114 Å². The molecule has 3 heterocycles. The SMILES string of the molecule is CC(C)(C)[Si](C)(C)O[C@@H](CNCc1ccc2c(c1)nnn2CCCN1CCC2(CCC2)CC1)c1ccc(O)c2c1OCC(=O)N2. The number of phenolic OH excluding ortho intramolecular Hbond substituents is 1. The van der Waals surface area contributed by atoms with E-state index in [-0.39, 0.29) is 29.4 Å². The third kappa shape index (κ3) is 6.91. The van der Waals surface area contributed by atoms with Crippen LogP contribution in [0.4, 0.5) is 5.69 Å². The van der Waals surface area contributed by atoms with Gasteiger partial charge in [-0.1, -0.05) is 38.5 Å². The van der Waals surface area contributed by atoms with Gasteiger partial charge in [-0.2, -0.15) is 0 Å². The highest BCUT2D eigenvalue weighted by atomic mass is 28.4. The van der Waals surface area contributed by atoms with Gasteiger partial charge in [0, 0.05) is 25.2 Å². The average Bonchev–Trinajstić information content (AvgIpc) is 3.38. The first kappa shape index (κ1) is 32.0. The number of hydrogen-bond donors (Lipinski definition) is 3. The highest BCUT2D eigenvalue weighted by molar-refractivity contribution is 6.74. The molecule has 2 fully saturated rings. The summed E-state index contributed by atoms with van der Waals surface area (Å²) in [5.41, 5.74) is 4.91. The highest BCUT2D eigenvalue weighted by Crippen LogP contribution is 2.49. The Morgan fingerprint density at radius 1 is 1.13 bits per heavy atom. The fourth-order valence-electron chi connectivity index (χ4n) is 6.69. The summed E-state index contributed by atoms with van der Waals surface area (Å²) in [6, 6.07) is 9.82. The number of benzene rings is 2. The number of likely N-dealkylation sites (tertiary alicyclic amines) is 1. The maximum atomic E-state index is 12.0. The van der Waals surface area contributed by atoms with Gasteiger partial charge < -0.3 is 29.8 Å². The van der Waals surface area contributed by atoms with Crippen molar-refractivity contribution in [3.05, 3.63) is 41.5 Å². The Morgan fingerprint density at radius 2 is 1.91 bits per heavy atom. The molecule has 0 unspecified atom stereocenters. The maximum absolute atomic E-state index is 12.0. The predicted molar refractivity (Wildman–Crippen MR) is 179 cm³/mol. The molecule has 10 nitrogen and oxygen atoms in total. The zero-order valence-corrected chi connectivity index (χ0v) is 28.6. The van der Waals surface area contributed by atoms with Crippen molar-refractivity contribution >= 4 is 30.9 Å². The monoisotopic (exact) mass is 634 g/mol. The van der Waals surface area contributed by atoms with Crippen LogP contribution in [-0.2, 0) is 22.3 Å². The Kier molecular flexibility index (Phi) is 8.99. The first-order valence-electron chi connectivity index (χ1n) is 16.6. The summed E-state index contributed by atoms with van der Waals surface area (Å²) in [6.45, 7) is 16.7. The number of fused-ring (bicyclic) bond motifs is 2. The molecular formula is C34H50N6O4Si. The molecule has 0 radical (unpaired) electrons. The zero-order valence-electron chi connectivity index (χ0n) is 27.6. The summed E-state index contributed by atoms with van der Waals surface area (Å²) in [5, 5.41) is 25.8. The van der Waals surface area contributed by atoms with Gasteiger partial charge in [-0.25, -0.2) is 4.68 Å². The Hall–Kier alpha value is -2.99. The fourth-order valence-corrected chi connectivity index (χ4v) is 7.97. The van der Waals surface area contributed by atoms with E-state index in [2.05, 4.69) is 77.9 Å². The van der Waals surface area contributed by atoms with Gasteiger partial charge in [-0.05, 0) is 105 Å². The largest absolute Gasteiger partial charge is 0.506 e. The number of amides is 1. The van der Waals surface area contributed by atoms with Crippen LogP contribution in [0.5, 0.6) is 11.5 Å². The Morgan fingerprint density at radius 3 is 2.62 bits per heavy atom. The number of aromatic nitrogens is 3. The highest BCUT2D eigenvalue weighted by Gasteiger charge is 2.41. The summed E-state index contributed by atoms with van der Waals surface area (Å²) in [4.78, 5) is 14.6. The minimum atomic E-state index is -2.18.